The van der Waals surface area contributed by atoms with Gasteiger partial charge in [0.2, 0.25) is 0 Å². The molecule has 2 unspecified atom stereocenters. The Morgan fingerprint density at radius 2 is 1.63 bits per heavy atom. The highest BCUT2D eigenvalue weighted by Gasteiger charge is 2.25. The summed E-state index contributed by atoms with van der Waals surface area (Å²) in [6.07, 6.45) is 4.21. The lowest BCUT2D eigenvalue weighted by Gasteiger charge is -2.37. The van der Waals surface area contributed by atoms with E-state index in [1.807, 2.05) is 36.4 Å². The number of hydrogen-bond donors (Lipinski definition) is 1. The van der Waals surface area contributed by atoms with Crippen LogP contribution in [0.3, 0.4) is 0 Å². The van der Waals surface area contributed by atoms with Gasteiger partial charge in [-0.15, -0.1) is 0 Å². The van der Waals surface area contributed by atoms with Crippen LogP contribution in [0.4, 0.5) is 5.82 Å². The Labute approximate surface area is 217 Å². The fourth-order valence-corrected chi connectivity index (χ4v) is 4.83. The maximum Gasteiger partial charge on any atom is 0.131 e. The van der Waals surface area contributed by atoms with Gasteiger partial charge in [0, 0.05) is 29.0 Å². The number of piperidine rings is 1. The number of nitrogens with two attached hydrogens (primary N) is 1. The Balaban J connectivity index is 0.000000271. The van der Waals surface area contributed by atoms with E-state index in [1.54, 1.807) is 6.20 Å². The molecule has 4 nitrogen and oxygen atoms in total. The normalized spacial score (nSPS) is 17.7. The number of nitrogen functional groups attached to an aromatic ring is 1. The average Bonchev–Trinajstić information content (AvgIpc) is 2.90. The van der Waals surface area contributed by atoms with E-state index in [9.17, 15) is 0 Å². The van der Waals surface area contributed by atoms with Crippen molar-refractivity contribution in [2.75, 3.05) is 18.8 Å². The zero-order valence-electron chi connectivity index (χ0n) is 20.5. The molecule has 35 heavy (non-hydrogen) atoms. The van der Waals surface area contributed by atoms with Gasteiger partial charge < -0.3 is 10.5 Å². The summed E-state index contributed by atoms with van der Waals surface area (Å²) in [6, 6.07) is 29.5. The van der Waals surface area contributed by atoms with E-state index in [2.05, 4.69) is 88.2 Å². The van der Waals surface area contributed by atoms with Crippen LogP contribution in [0.5, 0.6) is 5.75 Å². The number of ether oxygens (including phenoxy) is 1. The molecule has 0 spiro atoms. The molecule has 1 aliphatic heterocycles. The van der Waals surface area contributed by atoms with Gasteiger partial charge in [0.05, 0.1) is 0 Å². The molecule has 0 saturated carbocycles. The SMILES string of the molecule is CC(Br)c1ccccc1.CC(c1ccccc1)N1CCC[C@H](Oc2ccc3c(N)nccc3c2)C1. The summed E-state index contributed by atoms with van der Waals surface area (Å²) < 4.78 is 6.32. The lowest BCUT2D eigenvalue weighted by Crippen LogP contribution is -2.42. The quantitative estimate of drug-likeness (QED) is 0.270. The zero-order valence-corrected chi connectivity index (χ0v) is 22.1. The Hall–Kier alpha value is -2.89. The molecule has 2 N–H and O–H groups in total. The molecule has 0 radical (unpaired) electrons. The van der Waals surface area contributed by atoms with Crippen molar-refractivity contribution >= 4 is 32.5 Å². The number of benzene rings is 3. The summed E-state index contributed by atoms with van der Waals surface area (Å²) in [5.74, 6) is 1.47. The highest BCUT2D eigenvalue weighted by atomic mass is 79.9. The predicted molar refractivity (Wildman–Crippen MR) is 150 cm³/mol. The van der Waals surface area contributed by atoms with Crippen molar-refractivity contribution in [1.82, 2.24) is 9.88 Å². The zero-order chi connectivity index (χ0) is 24.6. The second-order valence-corrected chi connectivity index (χ2v) is 10.4. The van der Waals surface area contributed by atoms with Gasteiger partial charge in [0.15, 0.2) is 0 Å². The fourth-order valence-electron chi connectivity index (χ4n) is 4.52. The molecule has 0 bridgehead atoms. The van der Waals surface area contributed by atoms with E-state index < -0.39 is 0 Å². The standard InChI is InChI=1S/C22H25N3O.C8H9Br/c1-16(17-6-3-2-4-7-17)25-13-5-8-20(15-25)26-19-9-10-21-18(14-19)11-12-24-22(21)23;1-7(9)8-5-3-2-4-6-8/h2-4,6-7,9-12,14,16,20H,5,8,13,15H2,1H3,(H2,23,24);2-7H,1H3/t16?,20-;/m0./s1. The van der Waals surface area contributed by atoms with Gasteiger partial charge in [-0.05, 0) is 74.0 Å². The maximum absolute atomic E-state index is 6.32. The number of hydrogen-bond acceptors (Lipinski definition) is 4. The molecule has 1 aromatic heterocycles. The van der Waals surface area contributed by atoms with Gasteiger partial charge in [0.1, 0.15) is 17.7 Å². The summed E-state index contributed by atoms with van der Waals surface area (Å²) in [7, 11) is 0. The molecular formula is C30H34BrN3O. The van der Waals surface area contributed by atoms with Crippen LogP contribution in [0.15, 0.2) is 91.1 Å². The molecule has 5 rings (SSSR count). The molecule has 4 aromatic rings. The van der Waals surface area contributed by atoms with Crippen molar-refractivity contribution in [3.05, 3.63) is 102 Å². The number of pyridine rings is 1. The summed E-state index contributed by atoms with van der Waals surface area (Å²) in [6.45, 7) is 6.47. The van der Waals surface area contributed by atoms with Gasteiger partial charge >= 0.3 is 0 Å². The van der Waals surface area contributed by atoms with E-state index in [1.165, 1.54) is 11.1 Å². The van der Waals surface area contributed by atoms with Crippen LogP contribution >= 0.6 is 15.9 Å². The number of nitrogens with zero attached hydrogens (tertiary/aromatic N) is 2. The summed E-state index contributed by atoms with van der Waals surface area (Å²) in [5, 5.41) is 2.04. The van der Waals surface area contributed by atoms with Crippen LogP contribution in [0.1, 0.15) is 48.7 Å². The molecule has 0 amide bonds. The smallest absolute Gasteiger partial charge is 0.131 e. The van der Waals surface area contributed by atoms with Crippen LogP contribution in [0, 0.1) is 0 Å². The van der Waals surface area contributed by atoms with Gasteiger partial charge in [-0.3, -0.25) is 4.90 Å². The van der Waals surface area contributed by atoms with Crippen molar-refractivity contribution in [1.29, 1.82) is 0 Å². The van der Waals surface area contributed by atoms with E-state index >= 15 is 0 Å². The maximum atomic E-state index is 6.32. The van der Waals surface area contributed by atoms with Crippen LogP contribution in [-0.4, -0.2) is 29.1 Å². The summed E-state index contributed by atoms with van der Waals surface area (Å²) in [4.78, 5) is 7.13. The van der Waals surface area contributed by atoms with E-state index in [0.717, 1.165) is 42.5 Å². The molecule has 2 heterocycles. The third-order valence-electron chi connectivity index (χ3n) is 6.57. The first-order valence-corrected chi connectivity index (χ1v) is 13.2. The number of anilines is 1. The lowest BCUT2D eigenvalue weighted by molar-refractivity contribution is 0.0659. The molecule has 1 saturated heterocycles. The van der Waals surface area contributed by atoms with Crippen LogP contribution in [-0.2, 0) is 0 Å². The molecule has 5 heteroatoms. The number of halogens is 1. The van der Waals surface area contributed by atoms with Crippen LogP contribution in [0.25, 0.3) is 10.8 Å². The lowest BCUT2D eigenvalue weighted by atomic mass is 10.0. The average molecular weight is 533 g/mol. The monoisotopic (exact) mass is 531 g/mol. The van der Waals surface area contributed by atoms with Gasteiger partial charge in [-0.25, -0.2) is 4.98 Å². The Kier molecular flexibility index (Phi) is 8.78. The molecule has 0 aliphatic carbocycles. The number of likely N-dealkylation sites (tertiary alicyclic amines) is 1. The highest BCUT2D eigenvalue weighted by Crippen LogP contribution is 2.28. The van der Waals surface area contributed by atoms with Gasteiger partial charge in [-0.1, -0.05) is 76.6 Å². The van der Waals surface area contributed by atoms with Crippen molar-refractivity contribution in [2.45, 2.75) is 43.7 Å². The van der Waals surface area contributed by atoms with Crippen molar-refractivity contribution in [3.8, 4) is 5.75 Å². The third-order valence-corrected chi connectivity index (χ3v) is 7.10. The molecule has 1 fully saturated rings. The van der Waals surface area contributed by atoms with Crippen molar-refractivity contribution in [3.63, 3.8) is 0 Å². The fraction of sp³-hybridized carbons (Fsp3) is 0.300. The molecule has 3 aromatic carbocycles. The highest BCUT2D eigenvalue weighted by molar-refractivity contribution is 9.09. The molecule has 1 aliphatic rings. The van der Waals surface area contributed by atoms with Crippen molar-refractivity contribution < 1.29 is 4.74 Å². The number of rotatable bonds is 5. The second kappa shape index (κ2) is 12.2. The predicted octanol–water partition coefficient (Wildman–Crippen LogP) is 7.56. The molecular weight excluding hydrogens is 498 g/mol. The first-order valence-electron chi connectivity index (χ1n) is 12.3. The first kappa shape index (κ1) is 25.2. The minimum Gasteiger partial charge on any atom is -0.489 e. The Bertz CT molecular complexity index is 1200. The van der Waals surface area contributed by atoms with Crippen LogP contribution in [0.2, 0.25) is 0 Å². The molecule has 3 atom stereocenters. The largest absolute Gasteiger partial charge is 0.489 e. The first-order chi connectivity index (χ1) is 17.0. The minimum absolute atomic E-state index is 0.214. The van der Waals surface area contributed by atoms with Gasteiger partial charge in [-0.2, -0.15) is 0 Å². The molecule has 182 valence electrons. The minimum atomic E-state index is 0.214. The topological polar surface area (TPSA) is 51.4 Å². The third kappa shape index (κ3) is 6.83. The summed E-state index contributed by atoms with van der Waals surface area (Å²) in [5.41, 5.74) is 8.63. The Morgan fingerprint density at radius 3 is 2.29 bits per heavy atom. The Morgan fingerprint density at radius 1 is 0.943 bits per heavy atom. The van der Waals surface area contributed by atoms with Crippen molar-refractivity contribution in [2.24, 2.45) is 0 Å². The van der Waals surface area contributed by atoms with Crippen LogP contribution < -0.4 is 10.5 Å². The second-order valence-electron chi connectivity index (χ2n) is 9.07. The van der Waals surface area contributed by atoms with E-state index in [-0.39, 0.29) is 6.10 Å². The van der Waals surface area contributed by atoms with E-state index in [4.69, 9.17) is 10.5 Å². The van der Waals surface area contributed by atoms with E-state index in [0.29, 0.717) is 16.7 Å². The summed E-state index contributed by atoms with van der Waals surface area (Å²) >= 11 is 3.48. The number of fused-ring (bicyclic) bond motifs is 1. The number of alkyl halides is 1. The van der Waals surface area contributed by atoms with Gasteiger partial charge in [0.25, 0.3) is 0 Å². The number of aromatic nitrogens is 1.